The van der Waals surface area contributed by atoms with E-state index in [9.17, 15) is 4.39 Å². The number of allylic oxidation sites excluding steroid dienone is 4. The fraction of sp³-hybridized carbons (Fsp3) is 0.250. The maximum absolute atomic E-state index is 13.9. The van der Waals surface area contributed by atoms with E-state index in [0.717, 1.165) is 11.3 Å². The molecule has 0 saturated carbocycles. The molecule has 1 unspecified atom stereocenters. The van der Waals surface area contributed by atoms with Gasteiger partial charge in [0.25, 0.3) is 0 Å². The molecule has 2 heteroatoms. The molecule has 0 amide bonds. The van der Waals surface area contributed by atoms with Gasteiger partial charge in [0.1, 0.15) is 18.0 Å². The van der Waals surface area contributed by atoms with Gasteiger partial charge < -0.3 is 4.74 Å². The summed E-state index contributed by atoms with van der Waals surface area (Å²) in [7, 11) is 0. The third-order valence-electron chi connectivity index (χ3n) is 2.74. The van der Waals surface area contributed by atoms with Gasteiger partial charge in [-0.2, -0.15) is 0 Å². The highest BCUT2D eigenvalue weighted by Gasteiger charge is 2.17. The molecule has 0 spiro atoms. The van der Waals surface area contributed by atoms with E-state index in [2.05, 4.69) is 0 Å². The molecule has 0 radical (unpaired) electrons. The van der Waals surface area contributed by atoms with Crippen LogP contribution in [0.2, 0.25) is 0 Å². The second kappa shape index (κ2) is 5.21. The Kier molecular flexibility index (Phi) is 3.66. The van der Waals surface area contributed by atoms with E-state index >= 15 is 0 Å². The second-order valence-corrected chi connectivity index (χ2v) is 4.69. The molecule has 94 valence electrons. The molecule has 0 aromatic heterocycles. The van der Waals surface area contributed by atoms with Gasteiger partial charge in [-0.1, -0.05) is 35.9 Å². The van der Waals surface area contributed by atoms with Crippen LogP contribution in [-0.4, -0.2) is 12.3 Å². The van der Waals surface area contributed by atoms with Crippen molar-refractivity contribution in [2.45, 2.75) is 19.5 Å². The zero-order chi connectivity index (χ0) is 13.0. The summed E-state index contributed by atoms with van der Waals surface area (Å²) in [5.41, 5.74) is 0.622. The minimum atomic E-state index is -1.41. The van der Waals surface area contributed by atoms with Crippen molar-refractivity contribution >= 4 is 0 Å². The van der Waals surface area contributed by atoms with Crippen LogP contribution in [0.4, 0.5) is 4.39 Å². The van der Waals surface area contributed by atoms with Crippen LogP contribution in [0.3, 0.4) is 0 Å². The minimum Gasteiger partial charge on any atom is -0.489 e. The van der Waals surface area contributed by atoms with Crippen LogP contribution in [0.1, 0.15) is 12.5 Å². The molecule has 1 aliphatic carbocycles. The lowest BCUT2D eigenvalue weighted by Crippen LogP contribution is -2.11. The summed E-state index contributed by atoms with van der Waals surface area (Å²) < 4.78 is 19.5. The molecule has 1 atom stereocenters. The largest absolute Gasteiger partial charge is 0.489 e. The standard InChI is InChI=1S/C16H17FO/c1-13-6-8-15(9-7-13)18-12-14-5-3-4-10-16(2,17)11-14/h3-11H,12H2,1-2H3. The molecular formula is C16H17FO. The topological polar surface area (TPSA) is 9.23 Å². The van der Waals surface area contributed by atoms with Crippen molar-refractivity contribution in [2.24, 2.45) is 0 Å². The van der Waals surface area contributed by atoms with Gasteiger partial charge in [0.15, 0.2) is 0 Å². The maximum Gasteiger partial charge on any atom is 0.145 e. The van der Waals surface area contributed by atoms with Crippen molar-refractivity contribution < 1.29 is 9.13 Å². The molecule has 0 fully saturated rings. The molecule has 18 heavy (non-hydrogen) atoms. The first-order valence-corrected chi connectivity index (χ1v) is 6.01. The summed E-state index contributed by atoms with van der Waals surface area (Å²) in [6.45, 7) is 3.93. The van der Waals surface area contributed by atoms with Gasteiger partial charge in [-0.3, -0.25) is 0 Å². The average Bonchev–Trinajstić information content (AvgIpc) is 2.49. The van der Waals surface area contributed by atoms with Gasteiger partial charge in [0.05, 0.1) is 0 Å². The Labute approximate surface area is 107 Å². The second-order valence-electron chi connectivity index (χ2n) is 4.69. The molecule has 0 heterocycles. The van der Waals surface area contributed by atoms with E-state index in [1.165, 1.54) is 18.6 Å². The van der Waals surface area contributed by atoms with Crippen LogP contribution >= 0.6 is 0 Å². The van der Waals surface area contributed by atoms with Crippen molar-refractivity contribution in [2.75, 3.05) is 6.61 Å². The van der Waals surface area contributed by atoms with Gasteiger partial charge >= 0.3 is 0 Å². The van der Waals surface area contributed by atoms with Crippen LogP contribution in [0, 0.1) is 6.92 Å². The summed E-state index contributed by atoms with van der Waals surface area (Å²) in [5, 5.41) is 0. The normalized spacial score (nSPS) is 22.5. The third kappa shape index (κ3) is 3.59. The monoisotopic (exact) mass is 244 g/mol. The van der Waals surface area contributed by atoms with Crippen LogP contribution < -0.4 is 4.74 Å². The van der Waals surface area contributed by atoms with Crippen molar-refractivity contribution in [1.29, 1.82) is 0 Å². The summed E-state index contributed by atoms with van der Waals surface area (Å²) >= 11 is 0. The Hall–Kier alpha value is -1.83. The number of ether oxygens (including phenoxy) is 1. The van der Waals surface area contributed by atoms with Crippen LogP contribution in [-0.2, 0) is 0 Å². The van der Waals surface area contributed by atoms with E-state index in [-0.39, 0.29) is 0 Å². The number of benzene rings is 1. The Morgan fingerprint density at radius 1 is 1.17 bits per heavy atom. The van der Waals surface area contributed by atoms with E-state index in [1.54, 1.807) is 12.2 Å². The van der Waals surface area contributed by atoms with Gasteiger partial charge in [-0.25, -0.2) is 4.39 Å². The lowest BCUT2D eigenvalue weighted by Gasteiger charge is -2.12. The lowest BCUT2D eigenvalue weighted by molar-refractivity contribution is 0.318. The zero-order valence-corrected chi connectivity index (χ0v) is 10.7. The van der Waals surface area contributed by atoms with Crippen molar-refractivity contribution in [1.82, 2.24) is 0 Å². The molecule has 1 aliphatic rings. The highest BCUT2D eigenvalue weighted by atomic mass is 19.1. The van der Waals surface area contributed by atoms with E-state index < -0.39 is 5.67 Å². The Balaban J connectivity index is 2.02. The van der Waals surface area contributed by atoms with Crippen LogP contribution in [0.25, 0.3) is 0 Å². The van der Waals surface area contributed by atoms with Crippen molar-refractivity contribution in [3.8, 4) is 5.75 Å². The predicted octanol–water partition coefficient (Wildman–Crippen LogP) is 4.15. The molecule has 0 bridgehead atoms. The summed E-state index contributed by atoms with van der Waals surface area (Å²) in [4.78, 5) is 0. The first kappa shape index (κ1) is 12.6. The highest BCUT2D eigenvalue weighted by molar-refractivity contribution is 5.34. The molecular weight excluding hydrogens is 227 g/mol. The fourth-order valence-electron chi connectivity index (χ4n) is 1.77. The first-order chi connectivity index (χ1) is 8.55. The third-order valence-corrected chi connectivity index (χ3v) is 2.74. The molecule has 0 saturated heterocycles. The van der Waals surface area contributed by atoms with Crippen LogP contribution in [0.15, 0.2) is 60.2 Å². The number of hydrogen-bond donors (Lipinski definition) is 0. The van der Waals surface area contributed by atoms with Gasteiger partial charge in [-0.15, -0.1) is 0 Å². The number of alkyl halides is 1. The number of aryl methyl sites for hydroxylation is 1. The molecule has 2 rings (SSSR count). The number of halogens is 1. The Morgan fingerprint density at radius 2 is 1.89 bits per heavy atom. The van der Waals surface area contributed by atoms with Gasteiger partial charge in [-0.05, 0) is 43.7 Å². The van der Waals surface area contributed by atoms with Gasteiger partial charge in [0, 0.05) is 0 Å². The van der Waals surface area contributed by atoms with Crippen molar-refractivity contribution in [3.63, 3.8) is 0 Å². The molecule has 0 N–H and O–H groups in total. The quantitative estimate of drug-likeness (QED) is 0.776. The van der Waals surface area contributed by atoms with E-state index in [4.69, 9.17) is 4.74 Å². The molecule has 1 nitrogen and oxygen atoms in total. The summed E-state index contributed by atoms with van der Waals surface area (Å²) in [6, 6.07) is 7.83. The molecule has 0 aliphatic heterocycles. The molecule has 1 aromatic rings. The maximum atomic E-state index is 13.9. The van der Waals surface area contributed by atoms with Gasteiger partial charge in [0.2, 0.25) is 0 Å². The van der Waals surface area contributed by atoms with E-state index in [1.807, 2.05) is 43.3 Å². The minimum absolute atomic E-state index is 0.376. The Bertz CT molecular complexity index is 492. The summed E-state index contributed by atoms with van der Waals surface area (Å²) in [5.74, 6) is 0.799. The number of rotatable bonds is 3. The number of hydrogen-bond acceptors (Lipinski definition) is 1. The smallest absolute Gasteiger partial charge is 0.145 e. The molecule has 1 aromatic carbocycles. The van der Waals surface area contributed by atoms with Crippen LogP contribution in [0.5, 0.6) is 5.75 Å². The average molecular weight is 244 g/mol. The lowest BCUT2D eigenvalue weighted by atomic mass is 10.1. The SMILES string of the molecule is Cc1ccc(OCC2=CC(C)(F)C=CC=C2)cc1. The van der Waals surface area contributed by atoms with E-state index in [0.29, 0.717) is 6.61 Å². The fourth-order valence-corrected chi connectivity index (χ4v) is 1.77. The summed E-state index contributed by atoms with van der Waals surface area (Å²) in [6.07, 6.45) is 8.53. The highest BCUT2D eigenvalue weighted by Crippen LogP contribution is 2.21. The zero-order valence-electron chi connectivity index (χ0n) is 10.7. The van der Waals surface area contributed by atoms with Crippen molar-refractivity contribution in [3.05, 3.63) is 65.8 Å². The Morgan fingerprint density at radius 3 is 2.61 bits per heavy atom. The first-order valence-electron chi connectivity index (χ1n) is 6.01. The predicted molar refractivity (Wildman–Crippen MR) is 72.6 cm³/mol.